The standard InChI is InChI=1S/C21H24ClF3N4O/c1-15(16-5-3-2-4-6-16)27-19(30)7-8-28-9-11-29(12-10-28)20-18(22)13-17(14-26-20)21(23,24)25/h2-6,13-15H,7-12H2,1H3,(H,27,30). The number of hydrogen-bond acceptors (Lipinski definition) is 4. The van der Waals surface area contributed by atoms with Gasteiger partial charge in [-0.2, -0.15) is 13.2 Å². The van der Waals surface area contributed by atoms with E-state index in [4.69, 9.17) is 11.6 Å². The molecule has 0 spiro atoms. The van der Waals surface area contributed by atoms with Crippen LogP contribution in [0.3, 0.4) is 0 Å². The summed E-state index contributed by atoms with van der Waals surface area (Å²) >= 11 is 6.04. The van der Waals surface area contributed by atoms with E-state index >= 15 is 0 Å². The molecule has 0 saturated carbocycles. The van der Waals surface area contributed by atoms with E-state index in [0.717, 1.165) is 17.8 Å². The number of halogens is 4. The first-order valence-corrected chi connectivity index (χ1v) is 10.2. The van der Waals surface area contributed by atoms with Crippen molar-refractivity contribution in [2.75, 3.05) is 37.6 Å². The number of benzene rings is 1. The molecule has 3 rings (SSSR count). The molecule has 0 aliphatic carbocycles. The molecule has 1 amide bonds. The third-order valence-corrected chi connectivity index (χ3v) is 5.43. The minimum atomic E-state index is -4.47. The molecule has 2 heterocycles. The van der Waals surface area contributed by atoms with Crippen LogP contribution in [0.5, 0.6) is 0 Å². The topological polar surface area (TPSA) is 48.5 Å². The van der Waals surface area contributed by atoms with Crippen LogP contribution in [0.25, 0.3) is 0 Å². The van der Waals surface area contributed by atoms with Crippen LogP contribution in [0.4, 0.5) is 19.0 Å². The average Bonchev–Trinajstić information content (AvgIpc) is 2.72. The van der Waals surface area contributed by atoms with Gasteiger partial charge in [0.05, 0.1) is 16.6 Å². The van der Waals surface area contributed by atoms with E-state index in [1.54, 1.807) is 0 Å². The summed E-state index contributed by atoms with van der Waals surface area (Å²) in [6.45, 7) is 5.10. The van der Waals surface area contributed by atoms with Crippen LogP contribution in [0, 0.1) is 0 Å². The number of amides is 1. The molecule has 5 nitrogen and oxygen atoms in total. The zero-order valence-corrected chi connectivity index (χ0v) is 17.4. The minimum absolute atomic E-state index is 0.00690. The summed E-state index contributed by atoms with van der Waals surface area (Å²) in [6, 6.07) is 10.6. The number of rotatable bonds is 6. The van der Waals surface area contributed by atoms with Gasteiger partial charge in [0.15, 0.2) is 0 Å². The fourth-order valence-electron chi connectivity index (χ4n) is 3.40. The first-order valence-electron chi connectivity index (χ1n) is 9.78. The fourth-order valence-corrected chi connectivity index (χ4v) is 3.69. The number of piperazine rings is 1. The van der Waals surface area contributed by atoms with Gasteiger partial charge in [-0.15, -0.1) is 0 Å². The van der Waals surface area contributed by atoms with E-state index in [1.807, 2.05) is 42.2 Å². The molecule has 1 aliphatic heterocycles. The van der Waals surface area contributed by atoms with Crippen LogP contribution in [0.2, 0.25) is 5.02 Å². The lowest BCUT2D eigenvalue weighted by molar-refractivity contribution is -0.137. The Labute approximate surface area is 178 Å². The third kappa shape index (κ3) is 5.86. The largest absolute Gasteiger partial charge is 0.417 e. The molecule has 1 aromatic heterocycles. The summed E-state index contributed by atoms with van der Waals surface area (Å²) in [5, 5.41) is 2.99. The van der Waals surface area contributed by atoms with E-state index in [1.165, 1.54) is 0 Å². The zero-order valence-electron chi connectivity index (χ0n) is 16.6. The van der Waals surface area contributed by atoms with Crippen LogP contribution < -0.4 is 10.2 Å². The maximum atomic E-state index is 12.8. The van der Waals surface area contributed by atoms with Crippen molar-refractivity contribution >= 4 is 23.3 Å². The molecule has 1 fully saturated rings. The van der Waals surface area contributed by atoms with E-state index in [-0.39, 0.29) is 17.0 Å². The van der Waals surface area contributed by atoms with Gasteiger partial charge in [-0.1, -0.05) is 41.9 Å². The van der Waals surface area contributed by atoms with E-state index in [2.05, 4.69) is 15.2 Å². The Morgan fingerprint density at radius 2 is 1.87 bits per heavy atom. The first kappa shape index (κ1) is 22.4. The second kappa shape index (κ2) is 9.66. The van der Waals surface area contributed by atoms with Gasteiger partial charge >= 0.3 is 6.18 Å². The Morgan fingerprint density at radius 3 is 2.47 bits per heavy atom. The Balaban J connectivity index is 1.45. The van der Waals surface area contributed by atoms with Crippen LogP contribution in [-0.2, 0) is 11.0 Å². The Kier molecular flexibility index (Phi) is 7.20. The number of anilines is 1. The van der Waals surface area contributed by atoms with Crippen LogP contribution >= 0.6 is 11.6 Å². The Bertz CT molecular complexity index is 855. The fraction of sp³-hybridized carbons (Fsp3) is 0.429. The van der Waals surface area contributed by atoms with E-state index in [9.17, 15) is 18.0 Å². The quantitative estimate of drug-likeness (QED) is 0.733. The smallest absolute Gasteiger partial charge is 0.353 e. The normalized spacial score (nSPS) is 16.4. The first-order chi connectivity index (χ1) is 14.2. The second-order valence-corrected chi connectivity index (χ2v) is 7.71. The molecular formula is C21H24ClF3N4O. The Hall–Kier alpha value is -2.32. The lowest BCUT2D eigenvalue weighted by Crippen LogP contribution is -2.47. The number of nitrogens with one attached hydrogen (secondary N) is 1. The molecule has 30 heavy (non-hydrogen) atoms. The molecule has 1 aromatic carbocycles. The van der Waals surface area contributed by atoms with Crippen molar-refractivity contribution in [3.63, 3.8) is 0 Å². The molecular weight excluding hydrogens is 417 g/mol. The molecule has 162 valence electrons. The van der Waals surface area contributed by atoms with Gasteiger partial charge < -0.3 is 10.2 Å². The number of nitrogens with zero attached hydrogens (tertiary/aromatic N) is 3. The van der Waals surface area contributed by atoms with Crippen molar-refractivity contribution < 1.29 is 18.0 Å². The third-order valence-electron chi connectivity index (χ3n) is 5.15. The number of carbonyl (C=O) groups is 1. The van der Waals surface area contributed by atoms with Crippen molar-refractivity contribution in [2.24, 2.45) is 0 Å². The van der Waals surface area contributed by atoms with Gasteiger partial charge in [-0.3, -0.25) is 9.69 Å². The molecule has 1 unspecified atom stereocenters. The van der Waals surface area contributed by atoms with Gasteiger partial charge in [0.25, 0.3) is 0 Å². The second-order valence-electron chi connectivity index (χ2n) is 7.31. The molecule has 1 atom stereocenters. The van der Waals surface area contributed by atoms with Crippen LogP contribution in [0.1, 0.15) is 30.5 Å². The summed E-state index contributed by atoms with van der Waals surface area (Å²) in [6.07, 6.45) is -3.27. The molecule has 9 heteroatoms. The predicted octanol–water partition coefficient (Wildman–Crippen LogP) is 4.14. The maximum Gasteiger partial charge on any atom is 0.417 e. The van der Waals surface area contributed by atoms with Crippen molar-refractivity contribution in [1.29, 1.82) is 0 Å². The highest BCUT2D eigenvalue weighted by Crippen LogP contribution is 2.33. The highest BCUT2D eigenvalue weighted by Gasteiger charge is 2.32. The van der Waals surface area contributed by atoms with Crippen LogP contribution in [0.15, 0.2) is 42.6 Å². The molecule has 1 aliphatic rings. The lowest BCUT2D eigenvalue weighted by atomic mass is 10.1. The van der Waals surface area contributed by atoms with Crippen LogP contribution in [-0.4, -0.2) is 48.5 Å². The summed E-state index contributed by atoms with van der Waals surface area (Å²) in [7, 11) is 0. The highest BCUT2D eigenvalue weighted by atomic mass is 35.5. The Morgan fingerprint density at radius 1 is 1.20 bits per heavy atom. The summed E-state index contributed by atoms with van der Waals surface area (Å²) in [4.78, 5) is 20.2. The van der Waals surface area contributed by atoms with Gasteiger partial charge in [0.2, 0.25) is 5.91 Å². The molecule has 1 saturated heterocycles. The van der Waals surface area contributed by atoms with Crippen molar-refractivity contribution in [3.05, 3.63) is 58.7 Å². The lowest BCUT2D eigenvalue weighted by Gasteiger charge is -2.35. The van der Waals surface area contributed by atoms with Crippen molar-refractivity contribution in [3.8, 4) is 0 Å². The number of carbonyl (C=O) groups excluding carboxylic acids is 1. The summed E-state index contributed by atoms with van der Waals surface area (Å²) in [5.41, 5.74) is 0.200. The average molecular weight is 441 g/mol. The number of hydrogen-bond donors (Lipinski definition) is 1. The molecule has 0 bridgehead atoms. The van der Waals surface area contributed by atoms with Gasteiger partial charge in [0.1, 0.15) is 5.82 Å². The summed E-state index contributed by atoms with van der Waals surface area (Å²) in [5.74, 6) is 0.347. The van der Waals surface area contributed by atoms with Gasteiger partial charge in [0, 0.05) is 45.3 Å². The molecule has 2 aromatic rings. The predicted molar refractivity (Wildman–Crippen MR) is 111 cm³/mol. The van der Waals surface area contributed by atoms with Gasteiger partial charge in [-0.25, -0.2) is 4.98 Å². The molecule has 1 N–H and O–H groups in total. The molecule has 0 radical (unpaired) electrons. The monoisotopic (exact) mass is 440 g/mol. The zero-order chi connectivity index (χ0) is 21.7. The number of aromatic nitrogens is 1. The van der Waals surface area contributed by atoms with Crippen molar-refractivity contribution in [2.45, 2.75) is 25.6 Å². The summed E-state index contributed by atoms with van der Waals surface area (Å²) < 4.78 is 38.3. The number of alkyl halides is 3. The minimum Gasteiger partial charge on any atom is -0.353 e. The van der Waals surface area contributed by atoms with Gasteiger partial charge in [-0.05, 0) is 18.6 Å². The van der Waals surface area contributed by atoms with E-state index < -0.39 is 11.7 Å². The van der Waals surface area contributed by atoms with E-state index in [0.29, 0.717) is 45.0 Å². The highest BCUT2D eigenvalue weighted by molar-refractivity contribution is 6.33. The maximum absolute atomic E-state index is 12.8. The van der Waals surface area contributed by atoms with Crippen molar-refractivity contribution in [1.82, 2.24) is 15.2 Å². The SMILES string of the molecule is CC(NC(=O)CCN1CCN(c2ncc(C(F)(F)F)cc2Cl)CC1)c1ccccc1. The number of pyridine rings is 1.